The summed E-state index contributed by atoms with van der Waals surface area (Å²) in [5.74, 6) is 0. The Labute approximate surface area is 65.3 Å². The smallest absolute Gasteiger partial charge is 0.0681 e. The fourth-order valence-corrected chi connectivity index (χ4v) is 0.789. The maximum Gasteiger partial charge on any atom is 0.0681 e. The summed E-state index contributed by atoms with van der Waals surface area (Å²) < 4.78 is 14.8. The second kappa shape index (κ2) is 2.99. The van der Waals surface area contributed by atoms with Crippen molar-refractivity contribution >= 4 is 15.9 Å². The van der Waals surface area contributed by atoms with E-state index in [1.807, 2.05) is 0 Å². The molecule has 0 fully saturated rings. The van der Waals surface area contributed by atoms with Gasteiger partial charge in [0.25, 0.3) is 0 Å². The third-order valence-electron chi connectivity index (χ3n) is 0.973. The predicted octanol–water partition coefficient (Wildman–Crippen LogP) is 1.94. The van der Waals surface area contributed by atoms with Gasteiger partial charge in [-0.1, -0.05) is 28.1 Å². The highest BCUT2D eigenvalue weighted by molar-refractivity contribution is 9.10. The highest BCUT2D eigenvalue weighted by atomic mass is 79.9. The molecule has 0 aliphatic carbocycles. The predicted molar refractivity (Wildman–Crippen MR) is 40.1 cm³/mol. The molecule has 0 atom stereocenters. The summed E-state index contributed by atoms with van der Waals surface area (Å²) in [4.78, 5) is 0. The van der Waals surface area contributed by atoms with E-state index >= 15 is 0 Å². The number of aliphatic hydroxyl groups is 1. The number of benzene rings is 1. The van der Waals surface area contributed by atoms with Crippen LogP contribution in [0.15, 0.2) is 28.7 Å². The minimum absolute atomic E-state index is 0.265. The third kappa shape index (κ3) is 1.80. The van der Waals surface area contributed by atoms with Gasteiger partial charge < -0.3 is 5.11 Å². The molecule has 1 nitrogen and oxygen atoms in total. The lowest BCUT2D eigenvalue weighted by Gasteiger charge is -1.92. The Morgan fingerprint density at radius 1 is 1.44 bits per heavy atom. The molecule has 0 radical (unpaired) electrons. The van der Waals surface area contributed by atoms with Gasteiger partial charge in [-0.15, -0.1) is 0 Å². The monoisotopic (exact) mass is 188 g/mol. The van der Waals surface area contributed by atoms with E-state index in [-0.39, 0.29) is 5.56 Å². The maximum atomic E-state index is 8.90. The first-order valence-electron chi connectivity index (χ1n) is 3.48. The zero-order chi connectivity index (χ0) is 8.48. The van der Waals surface area contributed by atoms with Crippen molar-refractivity contribution in [2.45, 2.75) is 6.56 Å². The van der Waals surface area contributed by atoms with E-state index in [0.717, 1.165) is 4.47 Å². The van der Waals surface area contributed by atoms with Crippen LogP contribution in [0.5, 0.6) is 0 Å². The lowest BCUT2D eigenvalue weighted by molar-refractivity contribution is 0.282. The molecular weight excluding hydrogens is 180 g/mol. The van der Waals surface area contributed by atoms with Gasteiger partial charge in [-0.3, -0.25) is 0 Å². The average molecular weight is 189 g/mol. The third-order valence-corrected chi connectivity index (χ3v) is 1.50. The van der Waals surface area contributed by atoms with E-state index in [9.17, 15) is 0 Å². The van der Waals surface area contributed by atoms with Crippen LogP contribution in [0.25, 0.3) is 0 Å². The van der Waals surface area contributed by atoms with Crippen molar-refractivity contribution < 1.29 is 7.85 Å². The second-order valence-corrected chi connectivity index (χ2v) is 2.53. The number of rotatable bonds is 1. The van der Waals surface area contributed by atoms with Gasteiger partial charge in [-0.2, -0.15) is 0 Å². The number of hydrogen-bond donors (Lipinski definition) is 1. The Bertz CT molecular complexity index is 240. The zero-order valence-corrected chi connectivity index (χ0v) is 6.22. The molecule has 0 aliphatic heterocycles. The SMILES string of the molecule is [2H]C([2H])(O)c1ccc(Br)cc1. The summed E-state index contributed by atoms with van der Waals surface area (Å²) in [6.07, 6.45) is 0. The molecule has 0 saturated carbocycles. The van der Waals surface area contributed by atoms with Gasteiger partial charge in [-0.05, 0) is 17.7 Å². The highest BCUT2D eigenvalue weighted by Crippen LogP contribution is 2.09. The fraction of sp³-hybridized carbons (Fsp3) is 0.143. The first kappa shape index (κ1) is 4.47. The summed E-state index contributed by atoms with van der Waals surface area (Å²) in [5, 5.41) is 8.90. The molecule has 0 spiro atoms. The van der Waals surface area contributed by atoms with Crippen molar-refractivity contribution in [3.8, 4) is 0 Å². The van der Waals surface area contributed by atoms with Crippen LogP contribution in [-0.4, -0.2) is 5.11 Å². The fourth-order valence-electron chi connectivity index (χ4n) is 0.524. The normalized spacial score (nSPS) is 14.4. The van der Waals surface area contributed by atoms with Gasteiger partial charge in [-0.25, -0.2) is 0 Å². The van der Waals surface area contributed by atoms with E-state index in [1.165, 1.54) is 12.1 Å². The molecule has 0 bridgehead atoms. The van der Waals surface area contributed by atoms with Crippen LogP contribution >= 0.6 is 15.9 Å². The van der Waals surface area contributed by atoms with Crippen LogP contribution < -0.4 is 0 Å². The number of hydrogen-bond acceptors (Lipinski definition) is 1. The van der Waals surface area contributed by atoms with Crippen molar-refractivity contribution in [1.82, 2.24) is 0 Å². The van der Waals surface area contributed by atoms with E-state index in [2.05, 4.69) is 15.9 Å². The van der Waals surface area contributed by atoms with Gasteiger partial charge in [0.05, 0.1) is 9.30 Å². The molecular formula is C7H7BrO. The molecule has 48 valence electrons. The number of halogens is 1. The molecule has 0 amide bonds. The van der Waals surface area contributed by atoms with Crippen molar-refractivity contribution in [2.24, 2.45) is 0 Å². The molecule has 0 heterocycles. The Balaban J connectivity index is 2.99. The van der Waals surface area contributed by atoms with Crippen LogP contribution in [0.4, 0.5) is 0 Å². The summed E-state index contributed by atoms with van der Waals surface area (Å²) in [6, 6.07) is 6.43. The van der Waals surface area contributed by atoms with Gasteiger partial charge in [0.2, 0.25) is 0 Å². The van der Waals surface area contributed by atoms with E-state index < -0.39 is 6.56 Å². The van der Waals surface area contributed by atoms with Crippen molar-refractivity contribution in [1.29, 1.82) is 0 Å². The van der Waals surface area contributed by atoms with Gasteiger partial charge in [0, 0.05) is 4.47 Å². The summed E-state index contributed by atoms with van der Waals surface area (Å²) in [5.41, 5.74) is 0.265. The molecule has 0 saturated heterocycles. The highest BCUT2D eigenvalue weighted by Gasteiger charge is 1.86. The maximum absolute atomic E-state index is 8.90. The quantitative estimate of drug-likeness (QED) is 0.715. The molecule has 1 aromatic carbocycles. The Kier molecular flexibility index (Phi) is 1.49. The van der Waals surface area contributed by atoms with Gasteiger partial charge >= 0.3 is 0 Å². The first-order valence-corrected chi connectivity index (χ1v) is 3.28. The Morgan fingerprint density at radius 2 is 2.00 bits per heavy atom. The van der Waals surface area contributed by atoms with Crippen LogP contribution in [-0.2, 0) is 6.56 Å². The summed E-state index contributed by atoms with van der Waals surface area (Å²) >= 11 is 3.21. The Hall–Kier alpha value is -0.340. The average Bonchev–Trinajstić information content (AvgIpc) is 1.86. The minimum atomic E-state index is -2.24. The minimum Gasteiger partial charge on any atom is -0.392 e. The topological polar surface area (TPSA) is 20.2 Å². The van der Waals surface area contributed by atoms with Gasteiger partial charge in [0.15, 0.2) is 0 Å². The van der Waals surface area contributed by atoms with Crippen LogP contribution in [0.1, 0.15) is 8.30 Å². The first-order chi connectivity index (χ1) is 5.00. The molecule has 0 aromatic heterocycles. The molecule has 1 aromatic rings. The second-order valence-electron chi connectivity index (χ2n) is 1.62. The molecule has 0 unspecified atom stereocenters. The molecule has 9 heavy (non-hydrogen) atoms. The largest absolute Gasteiger partial charge is 0.392 e. The van der Waals surface area contributed by atoms with Crippen molar-refractivity contribution in [3.63, 3.8) is 0 Å². The van der Waals surface area contributed by atoms with E-state index in [4.69, 9.17) is 7.85 Å². The molecule has 1 rings (SSSR count). The Morgan fingerprint density at radius 3 is 2.44 bits per heavy atom. The van der Waals surface area contributed by atoms with Crippen LogP contribution in [0.3, 0.4) is 0 Å². The van der Waals surface area contributed by atoms with Crippen molar-refractivity contribution in [2.75, 3.05) is 0 Å². The van der Waals surface area contributed by atoms with Crippen molar-refractivity contribution in [3.05, 3.63) is 34.3 Å². The zero-order valence-electron chi connectivity index (χ0n) is 6.63. The van der Waals surface area contributed by atoms with Gasteiger partial charge in [0.1, 0.15) is 0 Å². The lowest BCUT2D eigenvalue weighted by Crippen LogP contribution is -1.79. The molecule has 2 heteroatoms. The lowest BCUT2D eigenvalue weighted by atomic mass is 10.2. The summed E-state index contributed by atoms with van der Waals surface area (Å²) in [7, 11) is 0. The van der Waals surface area contributed by atoms with Crippen LogP contribution in [0, 0.1) is 0 Å². The van der Waals surface area contributed by atoms with Crippen LogP contribution in [0.2, 0.25) is 0 Å². The summed E-state index contributed by atoms with van der Waals surface area (Å²) in [6.45, 7) is -2.24. The molecule has 0 aliphatic rings. The van der Waals surface area contributed by atoms with E-state index in [0.29, 0.717) is 0 Å². The molecule has 1 N–H and O–H groups in total. The standard InChI is InChI=1S/C7H7BrO/c8-7-3-1-6(5-9)2-4-7/h1-4,9H,5H2/i5D2. The van der Waals surface area contributed by atoms with E-state index in [1.54, 1.807) is 12.1 Å².